The predicted octanol–water partition coefficient (Wildman–Crippen LogP) is 4.20. The molecule has 5 heteroatoms. The van der Waals surface area contributed by atoms with Gasteiger partial charge in [-0.2, -0.15) is 0 Å². The van der Waals surface area contributed by atoms with Crippen molar-refractivity contribution in [1.82, 2.24) is 0 Å². The third kappa shape index (κ3) is 3.14. The summed E-state index contributed by atoms with van der Waals surface area (Å²) in [5, 5.41) is 0. The first-order valence-electron chi connectivity index (χ1n) is 6.56. The van der Waals surface area contributed by atoms with Crippen molar-refractivity contribution >= 4 is 31.6 Å². The van der Waals surface area contributed by atoms with E-state index in [0.29, 0.717) is 10.6 Å². The van der Waals surface area contributed by atoms with Crippen LogP contribution in [0.25, 0.3) is 0 Å². The number of aryl methyl sites for hydroxylation is 3. The van der Waals surface area contributed by atoms with E-state index in [2.05, 4.69) is 15.9 Å². The molecule has 2 rings (SSSR count). The monoisotopic (exact) mass is 367 g/mol. The van der Waals surface area contributed by atoms with Gasteiger partial charge in [-0.1, -0.05) is 33.6 Å². The standard InChI is InChI=1S/C16H18BrNO2S/c1-11-5-8-16(13(3)9-11)18(4)21(19,20)14-6-7-15(17)12(2)10-14/h5-10H,1-4H3. The van der Waals surface area contributed by atoms with Crippen LogP contribution in [0.4, 0.5) is 5.69 Å². The second-order valence-electron chi connectivity index (χ2n) is 5.17. The number of hydrogen-bond donors (Lipinski definition) is 0. The van der Waals surface area contributed by atoms with Crippen LogP contribution in [0, 0.1) is 20.8 Å². The molecule has 0 spiro atoms. The highest BCUT2D eigenvalue weighted by Crippen LogP contribution is 2.27. The van der Waals surface area contributed by atoms with Gasteiger partial charge < -0.3 is 0 Å². The van der Waals surface area contributed by atoms with Crippen LogP contribution in [0.5, 0.6) is 0 Å². The van der Waals surface area contributed by atoms with Gasteiger partial charge in [0, 0.05) is 11.5 Å². The Kier molecular flexibility index (Phi) is 4.44. The summed E-state index contributed by atoms with van der Waals surface area (Å²) < 4.78 is 27.7. The number of halogens is 1. The van der Waals surface area contributed by atoms with Gasteiger partial charge in [-0.3, -0.25) is 4.31 Å². The molecule has 3 nitrogen and oxygen atoms in total. The molecule has 0 unspecified atom stereocenters. The van der Waals surface area contributed by atoms with Crippen LogP contribution in [0.3, 0.4) is 0 Å². The van der Waals surface area contributed by atoms with E-state index in [1.165, 1.54) is 4.31 Å². The molecule has 0 aliphatic rings. The molecule has 21 heavy (non-hydrogen) atoms. The molecule has 0 heterocycles. The van der Waals surface area contributed by atoms with Crippen molar-refractivity contribution in [1.29, 1.82) is 0 Å². The Labute approximate surface area is 134 Å². The Morgan fingerprint density at radius 2 is 1.62 bits per heavy atom. The smallest absolute Gasteiger partial charge is 0.264 e. The minimum atomic E-state index is -3.55. The quantitative estimate of drug-likeness (QED) is 0.814. The summed E-state index contributed by atoms with van der Waals surface area (Å²) in [4.78, 5) is 0.297. The Morgan fingerprint density at radius 3 is 2.19 bits per heavy atom. The molecule has 0 aliphatic carbocycles. The van der Waals surface area contributed by atoms with Crippen LogP contribution in [0.15, 0.2) is 45.8 Å². The van der Waals surface area contributed by atoms with Gasteiger partial charge in [-0.15, -0.1) is 0 Å². The van der Waals surface area contributed by atoms with Crippen LogP contribution in [-0.2, 0) is 10.0 Å². The van der Waals surface area contributed by atoms with Crippen molar-refractivity contribution in [3.05, 3.63) is 57.6 Å². The molecule has 0 aromatic heterocycles. The lowest BCUT2D eigenvalue weighted by atomic mass is 10.1. The fraction of sp³-hybridized carbons (Fsp3) is 0.250. The lowest BCUT2D eigenvalue weighted by Crippen LogP contribution is -2.27. The van der Waals surface area contributed by atoms with E-state index in [4.69, 9.17) is 0 Å². The first-order chi connectivity index (χ1) is 9.73. The third-order valence-electron chi connectivity index (χ3n) is 3.48. The average Bonchev–Trinajstić information content (AvgIpc) is 2.41. The highest BCUT2D eigenvalue weighted by atomic mass is 79.9. The van der Waals surface area contributed by atoms with Crippen molar-refractivity contribution in [2.45, 2.75) is 25.7 Å². The molecule has 0 atom stereocenters. The van der Waals surface area contributed by atoms with Crippen molar-refractivity contribution in [2.24, 2.45) is 0 Å². The zero-order valence-electron chi connectivity index (χ0n) is 12.5. The Bertz CT molecular complexity index is 785. The van der Waals surface area contributed by atoms with Gasteiger partial charge in [0.05, 0.1) is 10.6 Å². The van der Waals surface area contributed by atoms with E-state index in [9.17, 15) is 8.42 Å². The fourth-order valence-electron chi connectivity index (χ4n) is 2.22. The van der Waals surface area contributed by atoms with Crippen molar-refractivity contribution in [3.63, 3.8) is 0 Å². The molecular formula is C16H18BrNO2S. The van der Waals surface area contributed by atoms with Gasteiger partial charge in [-0.25, -0.2) is 8.42 Å². The lowest BCUT2D eigenvalue weighted by Gasteiger charge is -2.22. The van der Waals surface area contributed by atoms with Crippen molar-refractivity contribution in [2.75, 3.05) is 11.4 Å². The number of rotatable bonds is 3. The van der Waals surface area contributed by atoms with Gasteiger partial charge in [0.15, 0.2) is 0 Å². The Balaban J connectivity index is 2.49. The maximum absolute atomic E-state index is 12.7. The van der Waals surface area contributed by atoms with Crippen LogP contribution in [0.2, 0.25) is 0 Å². The second kappa shape index (κ2) is 5.81. The molecule has 112 valence electrons. The summed E-state index contributed by atoms with van der Waals surface area (Å²) in [7, 11) is -1.97. The molecule has 0 aliphatic heterocycles. The summed E-state index contributed by atoms with van der Waals surface area (Å²) in [6.45, 7) is 5.78. The molecule has 0 amide bonds. The number of sulfonamides is 1. The van der Waals surface area contributed by atoms with Crippen molar-refractivity contribution in [3.8, 4) is 0 Å². The molecule has 0 saturated heterocycles. The van der Waals surface area contributed by atoms with Gasteiger partial charge in [0.25, 0.3) is 10.0 Å². The molecule has 2 aromatic carbocycles. The second-order valence-corrected chi connectivity index (χ2v) is 8.00. The van der Waals surface area contributed by atoms with Gasteiger partial charge in [0.1, 0.15) is 0 Å². The van der Waals surface area contributed by atoms with Crippen molar-refractivity contribution < 1.29 is 8.42 Å². The molecule has 0 radical (unpaired) electrons. The SMILES string of the molecule is Cc1ccc(N(C)S(=O)(=O)c2ccc(Br)c(C)c2)c(C)c1. The van der Waals surface area contributed by atoms with Gasteiger partial charge >= 0.3 is 0 Å². The summed E-state index contributed by atoms with van der Waals surface area (Å²) >= 11 is 3.39. The summed E-state index contributed by atoms with van der Waals surface area (Å²) in [6.07, 6.45) is 0. The average molecular weight is 368 g/mol. The number of anilines is 1. The number of nitrogens with zero attached hydrogens (tertiary/aromatic N) is 1. The molecule has 0 saturated carbocycles. The van der Waals surface area contributed by atoms with E-state index in [-0.39, 0.29) is 0 Å². The van der Waals surface area contributed by atoms with Crippen LogP contribution in [0.1, 0.15) is 16.7 Å². The first kappa shape index (κ1) is 16.0. The molecule has 2 aromatic rings. The molecule has 0 fully saturated rings. The van der Waals surface area contributed by atoms with Gasteiger partial charge in [-0.05, 0) is 56.2 Å². The zero-order chi connectivity index (χ0) is 15.8. The normalized spacial score (nSPS) is 11.5. The fourth-order valence-corrected chi connectivity index (χ4v) is 3.82. The molecular weight excluding hydrogens is 350 g/mol. The van der Waals surface area contributed by atoms with Gasteiger partial charge in [0.2, 0.25) is 0 Å². The molecule has 0 bridgehead atoms. The van der Waals surface area contributed by atoms with Crippen LogP contribution < -0.4 is 4.31 Å². The zero-order valence-corrected chi connectivity index (χ0v) is 14.9. The van der Waals surface area contributed by atoms with Crippen LogP contribution in [-0.4, -0.2) is 15.5 Å². The van der Waals surface area contributed by atoms with E-state index < -0.39 is 10.0 Å². The highest BCUT2D eigenvalue weighted by molar-refractivity contribution is 9.10. The highest BCUT2D eigenvalue weighted by Gasteiger charge is 2.22. The van der Waals surface area contributed by atoms with E-state index in [1.54, 1.807) is 25.2 Å². The number of benzene rings is 2. The Hall–Kier alpha value is -1.33. The molecule has 0 N–H and O–H groups in total. The largest absolute Gasteiger partial charge is 0.269 e. The lowest BCUT2D eigenvalue weighted by molar-refractivity contribution is 0.594. The van der Waals surface area contributed by atoms with E-state index >= 15 is 0 Å². The minimum Gasteiger partial charge on any atom is -0.269 e. The third-order valence-corrected chi connectivity index (χ3v) is 6.14. The summed E-state index contributed by atoms with van der Waals surface area (Å²) in [5.74, 6) is 0. The predicted molar refractivity (Wildman–Crippen MR) is 90.4 cm³/mol. The maximum Gasteiger partial charge on any atom is 0.264 e. The van der Waals surface area contributed by atoms with Crippen LogP contribution >= 0.6 is 15.9 Å². The van der Waals surface area contributed by atoms with E-state index in [1.807, 2.05) is 39.0 Å². The first-order valence-corrected chi connectivity index (χ1v) is 8.79. The minimum absolute atomic E-state index is 0.297. The number of hydrogen-bond acceptors (Lipinski definition) is 2. The maximum atomic E-state index is 12.7. The topological polar surface area (TPSA) is 37.4 Å². The summed E-state index contributed by atoms with van der Waals surface area (Å²) in [5.41, 5.74) is 3.64. The van der Waals surface area contributed by atoms with E-state index in [0.717, 1.165) is 21.2 Å². The Morgan fingerprint density at radius 1 is 0.952 bits per heavy atom. The summed E-state index contributed by atoms with van der Waals surface area (Å²) in [6, 6.07) is 10.8.